The molecule has 0 aromatic heterocycles. The Balaban J connectivity index is 2.41. The average Bonchev–Trinajstić information content (AvgIpc) is 2.32. The van der Waals surface area contributed by atoms with Gasteiger partial charge in [-0.15, -0.1) is 0 Å². The monoisotopic (exact) mass is 208 g/mol. The van der Waals surface area contributed by atoms with Crippen LogP contribution >= 0.6 is 11.8 Å². The van der Waals surface area contributed by atoms with Gasteiger partial charge in [-0.1, -0.05) is 6.92 Å². The third-order valence-electron chi connectivity index (χ3n) is 2.30. The Labute approximate surface area is 79.0 Å². The lowest BCUT2D eigenvalue weighted by molar-refractivity contribution is 0.566. The summed E-state index contributed by atoms with van der Waals surface area (Å²) in [5, 5.41) is 0. The Morgan fingerprint density at radius 3 is 2.58 bits per heavy atom. The quantitative estimate of drug-likeness (QED) is 0.708. The molecule has 0 saturated carbocycles. The highest BCUT2D eigenvalue weighted by atomic mass is 32.2. The molecule has 1 saturated heterocycles. The molecule has 0 amide bonds. The molecule has 0 N–H and O–H groups in total. The van der Waals surface area contributed by atoms with Crippen LogP contribution in [0.3, 0.4) is 0 Å². The van der Waals surface area contributed by atoms with Gasteiger partial charge in [-0.25, -0.2) is 8.42 Å². The Hall–Kier alpha value is 0.300. The summed E-state index contributed by atoms with van der Waals surface area (Å²) >= 11 is 1.92. The Kier molecular flexibility index (Phi) is 3.10. The zero-order valence-electron chi connectivity index (χ0n) is 7.67. The van der Waals surface area contributed by atoms with Crippen LogP contribution in [0, 0.1) is 0 Å². The van der Waals surface area contributed by atoms with E-state index in [1.54, 1.807) is 0 Å². The van der Waals surface area contributed by atoms with Gasteiger partial charge in [-0.2, -0.15) is 11.8 Å². The average molecular weight is 208 g/mol. The Bertz CT molecular complexity index is 238. The van der Waals surface area contributed by atoms with Crippen LogP contribution in [0.5, 0.6) is 0 Å². The summed E-state index contributed by atoms with van der Waals surface area (Å²) in [6.07, 6.45) is 4.55. The molecular weight excluding hydrogens is 192 g/mol. The van der Waals surface area contributed by atoms with Crippen molar-refractivity contribution in [2.75, 3.05) is 17.8 Å². The van der Waals surface area contributed by atoms with E-state index < -0.39 is 9.84 Å². The fourth-order valence-corrected chi connectivity index (χ4v) is 3.70. The molecule has 1 aliphatic rings. The number of thioether (sulfide) groups is 1. The fraction of sp³-hybridized carbons (Fsp3) is 1.00. The van der Waals surface area contributed by atoms with Crippen LogP contribution in [0.25, 0.3) is 0 Å². The van der Waals surface area contributed by atoms with Crippen molar-refractivity contribution < 1.29 is 8.42 Å². The Morgan fingerprint density at radius 1 is 1.50 bits per heavy atom. The minimum Gasteiger partial charge on any atom is -0.229 e. The van der Waals surface area contributed by atoms with Crippen molar-refractivity contribution >= 4 is 21.6 Å². The van der Waals surface area contributed by atoms with Crippen LogP contribution in [0.15, 0.2) is 0 Å². The molecule has 1 heterocycles. The molecule has 12 heavy (non-hydrogen) atoms. The first kappa shape index (κ1) is 10.4. The third kappa shape index (κ3) is 3.35. The lowest BCUT2D eigenvalue weighted by atomic mass is 10.0. The Morgan fingerprint density at radius 2 is 2.17 bits per heavy atom. The van der Waals surface area contributed by atoms with Crippen molar-refractivity contribution in [3.63, 3.8) is 0 Å². The molecule has 1 atom stereocenters. The van der Waals surface area contributed by atoms with E-state index >= 15 is 0 Å². The lowest BCUT2D eigenvalue weighted by Crippen LogP contribution is -2.20. The van der Waals surface area contributed by atoms with Crippen molar-refractivity contribution in [3.05, 3.63) is 0 Å². The number of sulfone groups is 1. The second-order valence-electron chi connectivity index (χ2n) is 3.78. The van der Waals surface area contributed by atoms with Crippen molar-refractivity contribution in [2.24, 2.45) is 0 Å². The van der Waals surface area contributed by atoms with E-state index in [0.29, 0.717) is 5.75 Å². The first-order valence-corrected chi connectivity index (χ1v) is 7.28. The van der Waals surface area contributed by atoms with Crippen molar-refractivity contribution in [1.82, 2.24) is 0 Å². The maximum absolute atomic E-state index is 10.9. The predicted molar refractivity (Wildman–Crippen MR) is 54.4 cm³/mol. The molecule has 0 aromatic carbocycles. The van der Waals surface area contributed by atoms with Gasteiger partial charge in [0.15, 0.2) is 0 Å². The van der Waals surface area contributed by atoms with Crippen LogP contribution in [0.2, 0.25) is 0 Å². The predicted octanol–water partition coefficient (Wildman–Crippen LogP) is 1.71. The minimum absolute atomic E-state index is 0.239. The van der Waals surface area contributed by atoms with E-state index in [0.717, 1.165) is 6.42 Å². The summed E-state index contributed by atoms with van der Waals surface area (Å²) in [6.45, 7) is 2.18. The van der Waals surface area contributed by atoms with Crippen molar-refractivity contribution in [2.45, 2.75) is 30.9 Å². The first-order chi connectivity index (χ1) is 5.41. The SMILES string of the molecule is CC1(CCS(C)(=O)=O)CCCS1. The number of hydrogen-bond donors (Lipinski definition) is 0. The highest BCUT2D eigenvalue weighted by Gasteiger charge is 2.29. The summed E-state index contributed by atoms with van der Waals surface area (Å²) in [5.74, 6) is 1.54. The number of rotatable bonds is 3. The highest BCUT2D eigenvalue weighted by molar-refractivity contribution is 8.00. The van der Waals surface area contributed by atoms with Gasteiger partial charge in [0.2, 0.25) is 0 Å². The molecule has 0 aromatic rings. The van der Waals surface area contributed by atoms with E-state index in [2.05, 4.69) is 6.92 Å². The summed E-state index contributed by atoms with van der Waals surface area (Å²) < 4.78 is 22.1. The molecule has 1 rings (SSSR count). The second-order valence-corrected chi connectivity index (χ2v) is 7.72. The van der Waals surface area contributed by atoms with E-state index in [-0.39, 0.29) is 4.75 Å². The third-order valence-corrected chi connectivity index (χ3v) is 4.85. The standard InChI is InChI=1S/C8H16O2S2/c1-8(4-3-6-11-8)5-7-12(2,9)10/h3-7H2,1-2H3. The fourth-order valence-electron chi connectivity index (χ4n) is 1.44. The van der Waals surface area contributed by atoms with E-state index in [4.69, 9.17) is 0 Å². The van der Waals surface area contributed by atoms with Gasteiger partial charge in [0, 0.05) is 11.0 Å². The number of hydrogen-bond acceptors (Lipinski definition) is 3. The zero-order valence-corrected chi connectivity index (χ0v) is 9.30. The van der Waals surface area contributed by atoms with E-state index in [1.165, 1.54) is 24.9 Å². The molecule has 0 aliphatic carbocycles. The molecule has 1 aliphatic heterocycles. The van der Waals surface area contributed by atoms with Gasteiger partial charge >= 0.3 is 0 Å². The maximum atomic E-state index is 10.9. The summed E-state index contributed by atoms with van der Waals surface area (Å²) in [7, 11) is -2.76. The van der Waals surface area contributed by atoms with Gasteiger partial charge in [-0.3, -0.25) is 0 Å². The maximum Gasteiger partial charge on any atom is 0.147 e. The summed E-state index contributed by atoms with van der Waals surface area (Å²) in [6, 6.07) is 0. The topological polar surface area (TPSA) is 34.1 Å². The molecule has 1 unspecified atom stereocenters. The van der Waals surface area contributed by atoms with Crippen LogP contribution in [-0.4, -0.2) is 30.9 Å². The van der Waals surface area contributed by atoms with E-state index in [9.17, 15) is 8.42 Å². The van der Waals surface area contributed by atoms with Gasteiger partial charge < -0.3 is 0 Å². The smallest absolute Gasteiger partial charge is 0.147 e. The van der Waals surface area contributed by atoms with Gasteiger partial charge in [0.25, 0.3) is 0 Å². The van der Waals surface area contributed by atoms with Crippen molar-refractivity contribution in [1.29, 1.82) is 0 Å². The van der Waals surface area contributed by atoms with Gasteiger partial charge in [0.1, 0.15) is 9.84 Å². The van der Waals surface area contributed by atoms with Crippen LogP contribution < -0.4 is 0 Å². The molecular formula is C8H16O2S2. The largest absolute Gasteiger partial charge is 0.229 e. The lowest BCUT2D eigenvalue weighted by Gasteiger charge is -2.21. The zero-order chi connectivity index (χ0) is 9.24. The molecule has 0 radical (unpaired) electrons. The molecule has 0 bridgehead atoms. The summed E-state index contributed by atoms with van der Waals surface area (Å²) in [5.41, 5.74) is 0. The van der Waals surface area contributed by atoms with Gasteiger partial charge in [-0.05, 0) is 25.0 Å². The van der Waals surface area contributed by atoms with E-state index in [1.807, 2.05) is 11.8 Å². The second kappa shape index (κ2) is 3.58. The highest BCUT2D eigenvalue weighted by Crippen LogP contribution is 2.40. The minimum atomic E-state index is -2.76. The normalized spacial score (nSPS) is 30.8. The molecule has 4 heteroatoms. The molecule has 72 valence electrons. The van der Waals surface area contributed by atoms with Crippen LogP contribution in [0.1, 0.15) is 26.2 Å². The van der Waals surface area contributed by atoms with Crippen LogP contribution in [0.4, 0.5) is 0 Å². The molecule has 1 fully saturated rings. The molecule has 0 spiro atoms. The molecule has 2 nitrogen and oxygen atoms in total. The van der Waals surface area contributed by atoms with Gasteiger partial charge in [0.05, 0.1) is 5.75 Å². The first-order valence-electron chi connectivity index (χ1n) is 4.23. The summed E-state index contributed by atoms with van der Waals surface area (Å²) in [4.78, 5) is 0. The van der Waals surface area contributed by atoms with Crippen molar-refractivity contribution in [3.8, 4) is 0 Å². The van der Waals surface area contributed by atoms with Crippen LogP contribution in [-0.2, 0) is 9.84 Å².